The fraction of sp³-hybridized carbons (Fsp3) is 0.481. The Bertz CT molecular complexity index is 1090. The van der Waals surface area contributed by atoms with Crippen molar-refractivity contribution in [2.75, 3.05) is 19.5 Å². The van der Waals surface area contributed by atoms with Crippen LogP contribution in [0.2, 0.25) is 0 Å². The van der Waals surface area contributed by atoms with E-state index in [0.29, 0.717) is 5.95 Å². The number of aliphatic hydroxyl groups is 1. The minimum atomic E-state index is -0.713. The number of ether oxygens (including phenoxy) is 2. The van der Waals surface area contributed by atoms with Crippen LogP contribution in [-0.2, 0) is 0 Å². The maximum Gasteiger partial charge on any atom is 0.223 e. The Kier molecular flexibility index (Phi) is 7.48. The number of nitrogens with zero attached hydrogens (tertiary/aromatic N) is 2. The lowest BCUT2D eigenvalue weighted by atomic mass is 9.86. The Balaban J connectivity index is 1.92. The quantitative estimate of drug-likeness (QED) is 0.421. The van der Waals surface area contributed by atoms with Crippen molar-refractivity contribution in [1.29, 1.82) is 0 Å². The number of hydrogen-bond acceptors (Lipinski definition) is 6. The molecule has 0 radical (unpaired) electrons. The highest BCUT2D eigenvalue weighted by atomic mass is 16.5. The van der Waals surface area contributed by atoms with Gasteiger partial charge in [0.05, 0.1) is 25.3 Å². The molecule has 0 bridgehead atoms. The lowest BCUT2D eigenvalue weighted by molar-refractivity contribution is 0.0192. The predicted molar refractivity (Wildman–Crippen MR) is 135 cm³/mol. The molecule has 0 aliphatic carbocycles. The molecule has 0 unspecified atom stereocenters. The first-order valence-electron chi connectivity index (χ1n) is 11.6. The molecule has 6 nitrogen and oxygen atoms in total. The van der Waals surface area contributed by atoms with E-state index in [4.69, 9.17) is 14.5 Å². The van der Waals surface area contributed by atoms with Gasteiger partial charge in [-0.3, -0.25) is 0 Å². The normalized spacial score (nSPS) is 13.6. The predicted octanol–water partition coefficient (Wildman–Crippen LogP) is 5.92. The van der Waals surface area contributed by atoms with Crippen molar-refractivity contribution >= 4 is 16.9 Å². The van der Waals surface area contributed by atoms with Gasteiger partial charge in [-0.25, -0.2) is 9.97 Å². The zero-order chi connectivity index (χ0) is 24.3. The van der Waals surface area contributed by atoms with E-state index in [1.165, 1.54) is 0 Å². The summed E-state index contributed by atoms with van der Waals surface area (Å²) in [7, 11) is 3.35. The van der Waals surface area contributed by atoms with Gasteiger partial charge in [0.15, 0.2) is 0 Å². The second-order valence-electron chi connectivity index (χ2n) is 9.41. The van der Waals surface area contributed by atoms with E-state index in [-0.39, 0.29) is 12.0 Å². The Morgan fingerprint density at radius 3 is 2.24 bits per heavy atom. The molecule has 178 valence electrons. The smallest absolute Gasteiger partial charge is 0.223 e. The summed E-state index contributed by atoms with van der Waals surface area (Å²) in [4.78, 5) is 9.32. The summed E-state index contributed by atoms with van der Waals surface area (Å²) in [6.45, 7) is 12.0. The van der Waals surface area contributed by atoms with Gasteiger partial charge in [-0.2, -0.15) is 0 Å². The lowest BCUT2D eigenvalue weighted by Gasteiger charge is -2.29. The van der Waals surface area contributed by atoms with Crippen LogP contribution >= 0.6 is 0 Å². The molecule has 2 N–H and O–H groups in total. The molecule has 1 heterocycles. The number of benzene rings is 2. The second-order valence-corrected chi connectivity index (χ2v) is 9.41. The van der Waals surface area contributed by atoms with Crippen LogP contribution in [0.3, 0.4) is 0 Å². The average Bonchev–Trinajstić information content (AvgIpc) is 2.78. The van der Waals surface area contributed by atoms with Gasteiger partial charge >= 0.3 is 0 Å². The molecule has 1 aromatic heterocycles. The van der Waals surface area contributed by atoms with Gasteiger partial charge in [-0.05, 0) is 80.8 Å². The van der Waals surface area contributed by atoms with Crippen molar-refractivity contribution < 1.29 is 14.6 Å². The molecule has 0 saturated carbocycles. The van der Waals surface area contributed by atoms with Crippen LogP contribution in [-0.4, -0.2) is 40.9 Å². The first kappa shape index (κ1) is 24.8. The molecule has 0 aliphatic rings. The first-order chi connectivity index (χ1) is 15.6. The highest BCUT2D eigenvalue weighted by Crippen LogP contribution is 2.39. The summed E-state index contributed by atoms with van der Waals surface area (Å²) in [6, 6.07) is 8.35. The number of nitrogens with one attached hydrogen (secondary N) is 1. The Morgan fingerprint density at radius 2 is 1.70 bits per heavy atom. The van der Waals surface area contributed by atoms with Gasteiger partial charge in [0.25, 0.3) is 0 Å². The zero-order valence-electron chi connectivity index (χ0n) is 21.1. The van der Waals surface area contributed by atoms with Crippen molar-refractivity contribution in [3.63, 3.8) is 0 Å². The third kappa shape index (κ3) is 5.38. The average molecular weight is 452 g/mol. The van der Waals surface area contributed by atoms with E-state index in [0.717, 1.165) is 57.5 Å². The summed E-state index contributed by atoms with van der Waals surface area (Å²) in [5.74, 6) is 2.37. The topological polar surface area (TPSA) is 76.5 Å². The number of rotatable bonds is 9. The monoisotopic (exact) mass is 451 g/mol. The van der Waals surface area contributed by atoms with E-state index in [2.05, 4.69) is 50.1 Å². The first-order valence-corrected chi connectivity index (χ1v) is 11.6. The van der Waals surface area contributed by atoms with Crippen molar-refractivity contribution in [2.24, 2.45) is 5.92 Å². The van der Waals surface area contributed by atoms with Crippen LogP contribution in [0.4, 0.5) is 5.95 Å². The largest absolute Gasteiger partial charge is 0.496 e. The van der Waals surface area contributed by atoms with E-state index >= 15 is 0 Å². The van der Waals surface area contributed by atoms with Gasteiger partial charge in [0.2, 0.25) is 5.95 Å². The minimum absolute atomic E-state index is 0.157. The minimum Gasteiger partial charge on any atom is -0.496 e. The fourth-order valence-electron chi connectivity index (χ4n) is 4.20. The fourth-order valence-corrected chi connectivity index (χ4v) is 4.20. The summed E-state index contributed by atoms with van der Waals surface area (Å²) in [6.07, 6.45) is 3.63. The van der Waals surface area contributed by atoms with E-state index < -0.39 is 5.60 Å². The SMILES string of the molecule is CC[C@H](C[C@H](C)C(C)(C)O)Nc1ncc2cc(-c3c(C)c(OC)cc(OC)c3C)ccc2n1. The maximum atomic E-state index is 10.3. The number of fused-ring (bicyclic) bond motifs is 1. The van der Waals surface area contributed by atoms with Crippen LogP contribution in [0.5, 0.6) is 11.5 Å². The van der Waals surface area contributed by atoms with E-state index in [1.54, 1.807) is 14.2 Å². The molecular formula is C27H37N3O3. The van der Waals surface area contributed by atoms with Crippen LogP contribution in [0.1, 0.15) is 51.7 Å². The van der Waals surface area contributed by atoms with Crippen LogP contribution < -0.4 is 14.8 Å². The molecule has 2 aromatic carbocycles. The molecule has 33 heavy (non-hydrogen) atoms. The third-order valence-electron chi connectivity index (χ3n) is 6.73. The Labute approximate surface area is 197 Å². The summed E-state index contributed by atoms with van der Waals surface area (Å²) < 4.78 is 11.2. The molecule has 0 spiro atoms. The maximum absolute atomic E-state index is 10.3. The van der Waals surface area contributed by atoms with Crippen molar-refractivity contribution in [3.8, 4) is 22.6 Å². The summed E-state index contributed by atoms with van der Waals surface area (Å²) >= 11 is 0. The Morgan fingerprint density at radius 1 is 1.06 bits per heavy atom. The summed E-state index contributed by atoms with van der Waals surface area (Å²) in [5, 5.41) is 14.7. The molecule has 0 aliphatic heterocycles. The van der Waals surface area contributed by atoms with Gasteiger partial charge in [-0.15, -0.1) is 0 Å². The molecule has 0 amide bonds. The van der Waals surface area contributed by atoms with Crippen LogP contribution in [0.15, 0.2) is 30.5 Å². The lowest BCUT2D eigenvalue weighted by Crippen LogP contribution is -2.34. The highest BCUT2D eigenvalue weighted by molar-refractivity contribution is 5.87. The van der Waals surface area contributed by atoms with Crippen molar-refractivity contribution in [2.45, 2.75) is 66.0 Å². The molecule has 0 saturated heterocycles. The van der Waals surface area contributed by atoms with Crippen molar-refractivity contribution in [3.05, 3.63) is 41.6 Å². The molecule has 3 aromatic rings. The van der Waals surface area contributed by atoms with E-state index in [1.807, 2.05) is 32.2 Å². The number of hydrogen-bond donors (Lipinski definition) is 2. The van der Waals surface area contributed by atoms with Gasteiger partial charge < -0.3 is 19.9 Å². The van der Waals surface area contributed by atoms with Crippen molar-refractivity contribution in [1.82, 2.24) is 9.97 Å². The number of aromatic nitrogens is 2. The standard InChI is InChI=1S/C27H37N3O3/c1-9-21(12-16(2)27(5,6)31)29-26-28-15-20-13-19(10-11-22(20)30-26)25-17(3)23(32-7)14-24(33-8)18(25)4/h10-11,13-16,21,31H,9,12H2,1-8H3,(H,28,29,30)/t16-,21+/m0/s1. The van der Waals surface area contributed by atoms with E-state index in [9.17, 15) is 5.11 Å². The van der Waals surface area contributed by atoms with Gasteiger partial charge in [-0.1, -0.05) is 19.9 Å². The number of methoxy groups -OCH3 is 2. The molecular weight excluding hydrogens is 414 g/mol. The third-order valence-corrected chi connectivity index (χ3v) is 6.73. The Hall–Kier alpha value is -2.86. The second kappa shape index (κ2) is 9.96. The molecule has 0 fully saturated rings. The van der Waals surface area contributed by atoms with Gasteiger partial charge in [0.1, 0.15) is 11.5 Å². The summed E-state index contributed by atoms with van der Waals surface area (Å²) in [5.41, 5.74) is 4.48. The molecule has 6 heteroatoms. The molecule has 3 rings (SSSR count). The highest BCUT2D eigenvalue weighted by Gasteiger charge is 2.25. The van der Waals surface area contributed by atoms with Gasteiger partial charge in [0, 0.05) is 23.7 Å². The zero-order valence-corrected chi connectivity index (χ0v) is 21.1. The van der Waals surface area contributed by atoms with Crippen LogP contribution in [0, 0.1) is 19.8 Å². The molecule has 2 atom stereocenters. The van der Waals surface area contributed by atoms with Crippen LogP contribution in [0.25, 0.3) is 22.0 Å². The number of anilines is 1.